The van der Waals surface area contributed by atoms with Gasteiger partial charge in [0.25, 0.3) is 15.0 Å². The molecule has 0 saturated heterocycles. The molecule has 2 N–H and O–H groups in total. The molecular weight excluding hydrogens is 290 g/mol. The molecule has 0 unspecified atom stereocenters. The van der Waals surface area contributed by atoms with Crippen LogP contribution in [0.2, 0.25) is 0 Å². The highest BCUT2D eigenvalue weighted by molar-refractivity contribution is 8.13. The number of nitrogens with zero attached hydrogens (tertiary/aromatic N) is 1. The standard InChI is InChI=1S/C11H16ClN3O3S/c1-3-8-10(19(12,17)18)9(15-14-8)11(16)13-7-4-6(2)5-7/h6-7H,3-5H2,1-2H3,(H,13,16)(H,14,15). The van der Waals surface area contributed by atoms with Crippen LogP contribution >= 0.6 is 10.7 Å². The molecule has 0 aromatic carbocycles. The molecule has 1 aromatic rings. The van der Waals surface area contributed by atoms with Crippen molar-refractivity contribution < 1.29 is 13.2 Å². The molecule has 0 bridgehead atoms. The molecule has 2 rings (SSSR count). The van der Waals surface area contributed by atoms with Crippen molar-refractivity contribution in [2.75, 3.05) is 0 Å². The van der Waals surface area contributed by atoms with Crippen molar-refractivity contribution >= 4 is 25.6 Å². The highest BCUT2D eigenvalue weighted by atomic mass is 35.7. The second-order valence-corrected chi connectivity index (χ2v) is 7.42. The van der Waals surface area contributed by atoms with E-state index in [0.29, 0.717) is 18.0 Å². The number of amides is 1. The molecule has 0 atom stereocenters. The number of carbonyl (C=O) groups is 1. The van der Waals surface area contributed by atoms with E-state index < -0.39 is 15.0 Å². The molecule has 19 heavy (non-hydrogen) atoms. The summed E-state index contributed by atoms with van der Waals surface area (Å²) < 4.78 is 23.1. The van der Waals surface area contributed by atoms with Crippen LogP contribution in [0.4, 0.5) is 0 Å². The van der Waals surface area contributed by atoms with Crippen LogP contribution in [0.3, 0.4) is 0 Å². The van der Waals surface area contributed by atoms with Gasteiger partial charge in [-0.05, 0) is 25.2 Å². The molecule has 0 spiro atoms. The van der Waals surface area contributed by atoms with Gasteiger partial charge in [0.2, 0.25) is 0 Å². The number of aromatic amines is 1. The van der Waals surface area contributed by atoms with Crippen molar-refractivity contribution in [1.82, 2.24) is 15.5 Å². The van der Waals surface area contributed by atoms with Crippen LogP contribution in [0.5, 0.6) is 0 Å². The Morgan fingerprint density at radius 1 is 1.53 bits per heavy atom. The predicted octanol–water partition coefficient (Wildman–Crippen LogP) is 1.43. The lowest BCUT2D eigenvalue weighted by Crippen LogP contribution is -2.43. The van der Waals surface area contributed by atoms with Crippen LogP contribution in [0.25, 0.3) is 0 Å². The predicted molar refractivity (Wildman–Crippen MR) is 70.7 cm³/mol. The molecule has 1 saturated carbocycles. The van der Waals surface area contributed by atoms with E-state index in [1.807, 2.05) is 0 Å². The highest BCUT2D eigenvalue weighted by Gasteiger charge is 2.31. The Labute approximate surface area is 116 Å². The lowest BCUT2D eigenvalue weighted by Gasteiger charge is -2.33. The molecule has 106 valence electrons. The summed E-state index contributed by atoms with van der Waals surface area (Å²) in [7, 11) is 1.38. The molecule has 0 radical (unpaired) electrons. The number of rotatable bonds is 4. The number of halogens is 1. The van der Waals surface area contributed by atoms with Gasteiger partial charge in [-0.3, -0.25) is 9.89 Å². The van der Waals surface area contributed by atoms with Gasteiger partial charge in [-0.2, -0.15) is 5.10 Å². The minimum Gasteiger partial charge on any atom is -0.348 e. The van der Waals surface area contributed by atoms with Gasteiger partial charge in [-0.25, -0.2) is 8.42 Å². The van der Waals surface area contributed by atoms with Crippen LogP contribution in [0.1, 0.15) is 42.9 Å². The molecule has 0 aliphatic heterocycles. The van der Waals surface area contributed by atoms with Crippen molar-refractivity contribution in [1.29, 1.82) is 0 Å². The Morgan fingerprint density at radius 2 is 2.16 bits per heavy atom. The summed E-state index contributed by atoms with van der Waals surface area (Å²) in [5, 5.41) is 9.11. The van der Waals surface area contributed by atoms with Gasteiger partial charge in [0.1, 0.15) is 4.90 Å². The Morgan fingerprint density at radius 3 is 2.63 bits per heavy atom. The van der Waals surface area contributed by atoms with Gasteiger partial charge in [0.05, 0.1) is 5.69 Å². The number of carbonyl (C=O) groups excluding carboxylic acids is 1. The fourth-order valence-corrected chi connectivity index (χ4v) is 3.65. The summed E-state index contributed by atoms with van der Waals surface area (Å²) in [6, 6.07) is 0.0927. The average molecular weight is 306 g/mol. The molecular formula is C11H16ClN3O3S. The zero-order chi connectivity index (χ0) is 14.2. The van der Waals surface area contributed by atoms with Crippen LogP contribution in [0.15, 0.2) is 4.90 Å². The maximum absolute atomic E-state index is 12.0. The topological polar surface area (TPSA) is 91.9 Å². The summed E-state index contributed by atoms with van der Waals surface area (Å²) in [5.41, 5.74) is 0.202. The molecule has 8 heteroatoms. The maximum Gasteiger partial charge on any atom is 0.273 e. The molecule has 1 aromatic heterocycles. The van der Waals surface area contributed by atoms with E-state index in [-0.39, 0.29) is 16.6 Å². The van der Waals surface area contributed by atoms with Gasteiger partial charge in [-0.15, -0.1) is 0 Å². The number of aromatic nitrogens is 2. The largest absolute Gasteiger partial charge is 0.348 e. The Balaban J connectivity index is 2.25. The maximum atomic E-state index is 12.0. The number of aryl methyl sites for hydroxylation is 1. The summed E-state index contributed by atoms with van der Waals surface area (Å²) >= 11 is 0. The zero-order valence-corrected chi connectivity index (χ0v) is 12.3. The second kappa shape index (κ2) is 5.13. The first kappa shape index (κ1) is 14.3. The normalized spacial score (nSPS) is 22.9. The van der Waals surface area contributed by atoms with Gasteiger partial charge in [0.15, 0.2) is 5.69 Å². The Bertz CT molecular complexity index is 590. The molecule has 1 aliphatic carbocycles. The van der Waals surface area contributed by atoms with Gasteiger partial charge in [0, 0.05) is 16.7 Å². The minimum atomic E-state index is -4.00. The van der Waals surface area contributed by atoms with E-state index in [1.54, 1.807) is 6.92 Å². The van der Waals surface area contributed by atoms with Crippen LogP contribution in [-0.2, 0) is 15.5 Å². The number of hydrogen-bond acceptors (Lipinski definition) is 4. The van der Waals surface area contributed by atoms with E-state index >= 15 is 0 Å². The lowest BCUT2D eigenvalue weighted by atomic mass is 9.82. The first-order valence-electron chi connectivity index (χ1n) is 6.15. The fraction of sp³-hybridized carbons (Fsp3) is 0.636. The molecule has 1 fully saturated rings. The van der Waals surface area contributed by atoms with Gasteiger partial charge >= 0.3 is 0 Å². The SMILES string of the molecule is CCc1[nH]nc(C(=O)NC2CC(C)C2)c1S(=O)(=O)Cl. The average Bonchev–Trinajstić information content (AvgIpc) is 2.70. The fourth-order valence-electron chi connectivity index (χ4n) is 2.30. The van der Waals surface area contributed by atoms with E-state index in [2.05, 4.69) is 22.4 Å². The number of H-pyrrole nitrogens is 1. The van der Waals surface area contributed by atoms with Crippen molar-refractivity contribution in [3.63, 3.8) is 0 Å². The van der Waals surface area contributed by atoms with Gasteiger partial charge < -0.3 is 5.32 Å². The van der Waals surface area contributed by atoms with Crippen LogP contribution in [0, 0.1) is 5.92 Å². The van der Waals surface area contributed by atoms with Crippen molar-refractivity contribution in [3.05, 3.63) is 11.4 Å². The zero-order valence-electron chi connectivity index (χ0n) is 10.7. The first-order valence-corrected chi connectivity index (χ1v) is 8.46. The van der Waals surface area contributed by atoms with Crippen LogP contribution < -0.4 is 5.32 Å². The van der Waals surface area contributed by atoms with E-state index in [0.717, 1.165) is 12.8 Å². The third kappa shape index (κ3) is 2.92. The third-order valence-corrected chi connectivity index (χ3v) is 4.70. The quantitative estimate of drug-likeness (QED) is 0.823. The van der Waals surface area contributed by atoms with Crippen molar-refractivity contribution in [3.8, 4) is 0 Å². The van der Waals surface area contributed by atoms with Gasteiger partial charge in [-0.1, -0.05) is 13.8 Å². The highest BCUT2D eigenvalue weighted by Crippen LogP contribution is 2.28. The van der Waals surface area contributed by atoms with Crippen molar-refractivity contribution in [2.45, 2.75) is 44.0 Å². The third-order valence-electron chi connectivity index (χ3n) is 3.31. The summed E-state index contributed by atoms with van der Waals surface area (Å²) in [6.45, 7) is 3.86. The van der Waals surface area contributed by atoms with Crippen LogP contribution in [-0.4, -0.2) is 30.6 Å². The number of hydrogen-bond donors (Lipinski definition) is 2. The lowest BCUT2D eigenvalue weighted by molar-refractivity contribution is 0.0887. The first-order chi connectivity index (χ1) is 8.82. The minimum absolute atomic E-state index is 0.0927. The molecule has 1 aliphatic rings. The molecule has 1 heterocycles. The monoisotopic (exact) mass is 305 g/mol. The molecule has 6 nitrogen and oxygen atoms in total. The van der Waals surface area contributed by atoms with E-state index in [9.17, 15) is 13.2 Å². The number of nitrogens with one attached hydrogen (secondary N) is 2. The summed E-state index contributed by atoms with van der Waals surface area (Å²) in [4.78, 5) is 11.8. The Kier molecular flexibility index (Phi) is 3.87. The van der Waals surface area contributed by atoms with Crippen molar-refractivity contribution in [2.24, 2.45) is 5.92 Å². The summed E-state index contributed by atoms with van der Waals surface area (Å²) in [6.07, 6.45) is 2.21. The smallest absolute Gasteiger partial charge is 0.273 e. The molecule has 1 amide bonds. The summed E-state index contributed by atoms with van der Waals surface area (Å²) in [5.74, 6) is 0.0963. The van der Waals surface area contributed by atoms with E-state index in [1.165, 1.54) is 0 Å². The second-order valence-electron chi connectivity index (χ2n) is 4.92. The Hall–Kier alpha value is -1.08. The van der Waals surface area contributed by atoms with E-state index in [4.69, 9.17) is 10.7 Å².